The number of thioether (sulfide) groups is 1. The Hall–Kier alpha value is -3.17. The fourth-order valence-corrected chi connectivity index (χ4v) is 5.05. The molecule has 190 valence electrons. The number of halogens is 1. The van der Waals surface area contributed by atoms with Crippen molar-refractivity contribution < 1.29 is 19.0 Å². The number of anilines is 1. The molecule has 0 spiro atoms. The van der Waals surface area contributed by atoms with Crippen LogP contribution in [0.2, 0.25) is 5.02 Å². The second-order valence-electron chi connectivity index (χ2n) is 8.21. The summed E-state index contributed by atoms with van der Waals surface area (Å²) in [4.78, 5) is 17.5. The Morgan fingerprint density at radius 1 is 1.19 bits per heavy atom. The molecule has 0 saturated carbocycles. The minimum absolute atomic E-state index is 0.444. The van der Waals surface area contributed by atoms with E-state index >= 15 is 0 Å². The van der Waals surface area contributed by atoms with Gasteiger partial charge in [-0.15, -0.1) is 5.10 Å². The average molecular weight is 529 g/mol. The van der Waals surface area contributed by atoms with Gasteiger partial charge in [-0.3, -0.25) is 0 Å². The van der Waals surface area contributed by atoms with Crippen LogP contribution in [0, 0.1) is 0 Å². The fourth-order valence-electron chi connectivity index (χ4n) is 3.93. The molecule has 1 unspecified atom stereocenters. The number of hydrogen-bond acceptors (Lipinski definition) is 8. The third kappa shape index (κ3) is 5.47. The minimum atomic E-state index is -0.561. The van der Waals surface area contributed by atoms with E-state index in [1.54, 1.807) is 11.8 Å². The maximum atomic E-state index is 12.9. The number of hydrogen-bond donors (Lipinski definition) is 1. The summed E-state index contributed by atoms with van der Waals surface area (Å²) in [6.45, 7) is 4.54. The van der Waals surface area contributed by atoms with Crippen molar-refractivity contribution in [3.63, 3.8) is 0 Å². The topological polar surface area (TPSA) is 87.5 Å². The Morgan fingerprint density at radius 3 is 2.72 bits per heavy atom. The predicted molar refractivity (Wildman–Crippen MR) is 141 cm³/mol. The quantitative estimate of drug-likeness (QED) is 0.198. The Morgan fingerprint density at radius 2 is 2.00 bits per heavy atom. The van der Waals surface area contributed by atoms with Crippen LogP contribution in [0.25, 0.3) is 0 Å². The zero-order valence-corrected chi connectivity index (χ0v) is 22.3. The molecule has 2 heterocycles. The molecule has 4 rings (SSSR count). The number of methoxy groups -OCH3 is 2. The lowest BCUT2D eigenvalue weighted by Gasteiger charge is -2.28. The molecule has 8 nitrogen and oxygen atoms in total. The molecule has 1 aliphatic rings. The molecule has 1 N–H and O–H groups in total. The van der Waals surface area contributed by atoms with Crippen molar-refractivity contribution in [2.24, 2.45) is 0 Å². The van der Waals surface area contributed by atoms with Gasteiger partial charge in [0.25, 0.3) is 0 Å². The number of aromatic nitrogens is 3. The second-order valence-corrected chi connectivity index (χ2v) is 9.56. The molecular weight excluding hydrogens is 500 g/mol. The Balaban J connectivity index is 1.70. The van der Waals surface area contributed by atoms with Crippen molar-refractivity contribution in [2.45, 2.75) is 43.6 Å². The fraction of sp³-hybridized carbons (Fsp3) is 0.346. The van der Waals surface area contributed by atoms with Crippen LogP contribution in [-0.2, 0) is 15.3 Å². The van der Waals surface area contributed by atoms with Crippen molar-refractivity contribution in [3.05, 3.63) is 69.9 Å². The van der Waals surface area contributed by atoms with Gasteiger partial charge in [-0.05, 0) is 42.7 Å². The Kier molecular flexibility index (Phi) is 8.43. The summed E-state index contributed by atoms with van der Waals surface area (Å²) in [5.41, 5.74) is 2.88. The highest BCUT2D eigenvalue weighted by molar-refractivity contribution is 7.98. The summed E-state index contributed by atoms with van der Waals surface area (Å²) < 4.78 is 18.3. The van der Waals surface area contributed by atoms with E-state index < -0.39 is 12.0 Å². The molecule has 0 amide bonds. The SMILES string of the molecule is CCCCOc1ccc(C2C(C(=O)OC)=C(C)Nc3nc(SCc4ccccc4Cl)nn32)cc1OC. The van der Waals surface area contributed by atoms with E-state index in [4.69, 9.17) is 30.9 Å². The van der Waals surface area contributed by atoms with E-state index in [0.29, 0.717) is 51.3 Å². The van der Waals surface area contributed by atoms with Crippen molar-refractivity contribution in [1.29, 1.82) is 0 Å². The maximum absolute atomic E-state index is 12.9. The molecule has 10 heteroatoms. The van der Waals surface area contributed by atoms with E-state index in [1.165, 1.54) is 18.9 Å². The molecule has 36 heavy (non-hydrogen) atoms. The van der Waals surface area contributed by atoms with Crippen molar-refractivity contribution in [2.75, 3.05) is 26.1 Å². The predicted octanol–water partition coefficient (Wildman–Crippen LogP) is 5.87. The maximum Gasteiger partial charge on any atom is 0.338 e. The van der Waals surface area contributed by atoms with Gasteiger partial charge < -0.3 is 19.5 Å². The normalized spacial score (nSPS) is 14.8. The van der Waals surface area contributed by atoms with Gasteiger partial charge in [0.1, 0.15) is 6.04 Å². The molecule has 0 radical (unpaired) electrons. The summed E-state index contributed by atoms with van der Waals surface area (Å²) in [7, 11) is 2.97. The molecule has 0 saturated heterocycles. The van der Waals surface area contributed by atoms with Gasteiger partial charge in [0.2, 0.25) is 11.1 Å². The number of nitrogens with one attached hydrogen (secondary N) is 1. The molecule has 0 aliphatic carbocycles. The summed E-state index contributed by atoms with van der Waals surface area (Å²) in [5.74, 6) is 1.94. The zero-order chi connectivity index (χ0) is 25.7. The molecule has 3 aromatic rings. The average Bonchev–Trinajstić information content (AvgIpc) is 3.29. The molecule has 1 aromatic heterocycles. The Labute approximate surface area is 220 Å². The first kappa shape index (κ1) is 25.9. The lowest BCUT2D eigenvalue weighted by molar-refractivity contribution is -0.136. The van der Waals surface area contributed by atoms with Crippen LogP contribution in [0.3, 0.4) is 0 Å². The first-order chi connectivity index (χ1) is 17.5. The number of carbonyl (C=O) groups is 1. The first-order valence-electron chi connectivity index (χ1n) is 11.7. The standard InChI is InChI=1S/C26H29ClN4O4S/c1-5-6-13-35-20-12-11-17(14-21(20)33-3)23-22(24(32)34-4)16(2)28-25-29-26(30-31(23)25)36-15-18-9-7-8-10-19(18)27/h7-12,14,23H,5-6,13,15H2,1-4H3,(H,28,29,30). The van der Waals surface area contributed by atoms with E-state index in [1.807, 2.05) is 49.4 Å². The number of allylic oxidation sites excluding steroid dienone is 1. The largest absolute Gasteiger partial charge is 0.493 e. The van der Waals surface area contributed by atoms with Crippen molar-refractivity contribution >= 4 is 35.3 Å². The first-order valence-corrected chi connectivity index (χ1v) is 13.0. The zero-order valence-electron chi connectivity index (χ0n) is 20.7. The molecule has 0 fully saturated rings. The van der Waals surface area contributed by atoms with Gasteiger partial charge in [-0.2, -0.15) is 4.98 Å². The smallest absolute Gasteiger partial charge is 0.338 e. The summed E-state index contributed by atoms with van der Waals surface area (Å²) in [6, 6.07) is 12.8. The van der Waals surface area contributed by atoms with E-state index in [9.17, 15) is 4.79 Å². The van der Waals surface area contributed by atoms with Gasteiger partial charge in [0, 0.05) is 16.5 Å². The number of fused-ring (bicyclic) bond motifs is 1. The molecular formula is C26H29ClN4O4S. The van der Waals surface area contributed by atoms with E-state index in [-0.39, 0.29) is 0 Å². The van der Waals surface area contributed by atoms with Crippen LogP contribution >= 0.6 is 23.4 Å². The summed E-state index contributed by atoms with van der Waals surface area (Å²) in [5, 5.41) is 9.20. The van der Waals surface area contributed by atoms with E-state index in [2.05, 4.69) is 17.2 Å². The van der Waals surface area contributed by atoms with Crippen molar-refractivity contribution in [3.8, 4) is 11.5 Å². The lowest BCUT2D eigenvalue weighted by atomic mass is 9.95. The third-order valence-corrected chi connectivity index (χ3v) is 7.07. The van der Waals surface area contributed by atoms with Crippen molar-refractivity contribution in [1.82, 2.24) is 14.8 Å². The van der Waals surface area contributed by atoms with Crippen LogP contribution in [-0.4, -0.2) is 41.6 Å². The minimum Gasteiger partial charge on any atom is -0.493 e. The van der Waals surface area contributed by atoms with Gasteiger partial charge in [-0.25, -0.2) is 9.48 Å². The van der Waals surface area contributed by atoms with Gasteiger partial charge in [0.05, 0.1) is 26.4 Å². The van der Waals surface area contributed by atoms with Crippen LogP contribution in [0.15, 0.2) is 58.9 Å². The van der Waals surface area contributed by atoms with Gasteiger partial charge in [-0.1, -0.05) is 61.0 Å². The highest BCUT2D eigenvalue weighted by Crippen LogP contribution is 2.40. The van der Waals surface area contributed by atoms with Crippen LogP contribution < -0.4 is 14.8 Å². The Bertz CT molecular complexity index is 1280. The highest BCUT2D eigenvalue weighted by Gasteiger charge is 2.35. The number of rotatable bonds is 10. The molecule has 0 bridgehead atoms. The highest BCUT2D eigenvalue weighted by atomic mass is 35.5. The monoisotopic (exact) mass is 528 g/mol. The number of ether oxygens (including phenoxy) is 3. The second kappa shape index (κ2) is 11.7. The molecule has 1 atom stereocenters. The van der Waals surface area contributed by atoms with Gasteiger partial charge >= 0.3 is 5.97 Å². The number of benzene rings is 2. The summed E-state index contributed by atoms with van der Waals surface area (Å²) in [6.07, 6.45) is 1.98. The van der Waals surface area contributed by atoms with E-state index in [0.717, 1.165) is 24.0 Å². The third-order valence-electron chi connectivity index (χ3n) is 5.81. The molecule has 1 aliphatic heterocycles. The summed E-state index contributed by atoms with van der Waals surface area (Å²) >= 11 is 7.78. The van der Waals surface area contributed by atoms with Crippen LogP contribution in [0.1, 0.15) is 43.9 Å². The van der Waals surface area contributed by atoms with Gasteiger partial charge in [0.15, 0.2) is 11.5 Å². The number of carbonyl (C=O) groups excluding carboxylic acids is 1. The number of esters is 1. The van der Waals surface area contributed by atoms with Crippen LogP contribution in [0.4, 0.5) is 5.95 Å². The lowest BCUT2D eigenvalue weighted by Crippen LogP contribution is -2.29. The number of unbranched alkanes of at least 4 members (excludes halogenated alkanes) is 1. The van der Waals surface area contributed by atoms with Crippen LogP contribution in [0.5, 0.6) is 11.5 Å². The number of nitrogens with zero attached hydrogens (tertiary/aromatic N) is 3. The molecule has 2 aromatic carbocycles.